The van der Waals surface area contributed by atoms with Gasteiger partial charge in [0, 0.05) is 58.0 Å². The standard InChI is InChI=1S/C20H32FN5O/c1-16-14-24(15-17(2)27-16)9-3-8-23-20(22)26-12-10-25(11-13-26)19-6-4-18(21)5-7-19/h4-7,16-17H,3,8-15H2,1-2H3,(H2,22,23). The fraction of sp³-hybridized carbons (Fsp3) is 0.650. The Hall–Kier alpha value is -1.86. The third-order valence-electron chi connectivity index (χ3n) is 5.20. The Balaban J connectivity index is 1.38. The third-order valence-corrected chi connectivity index (χ3v) is 5.20. The van der Waals surface area contributed by atoms with Crippen molar-refractivity contribution in [3.63, 3.8) is 0 Å². The second-order valence-electron chi connectivity index (χ2n) is 7.56. The molecule has 1 aromatic rings. The van der Waals surface area contributed by atoms with E-state index in [1.807, 2.05) is 12.1 Å². The Kier molecular flexibility index (Phi) is 6.90. The number of piperazine rings is 1. The molecule has 0 spiro atoms. The van der Waals surface area contributed by atoms with Crippen LogP contribution in [0, 0.1) is 5.82 Å². The maximum atomic E-state index is 13.1. The summed E-state index contributed by atoms with van der Waals surface area (Å²) in [5.74, 6) is 0.437. The summed E-state index contributed by atoms with van der Waals surface area (Å²) in [5.41, 5.74) is 7.25. The van der Waals surface area contributed by atoms with Gasteiger partial charge >= 0.3 is 0 Å². The normalized spacial score (nSPS) is 25.1. The SMILES string of the molecule is CC1CN(CCCN=C(N)N2CCN(c3ccc(F)cc3)CC2)CC(C)O1. The smallest absolute Gasteiger partial charge is 0.191 e. The molecule has 7 heteroatoms. The number of morpholine rings is 1. The zero-order valence-corrected chi connectivity index (χ0v) is 16.5. The number of ether oxygens (including phenoxy) is 1. The van der Waals surface area contributed by atoms with Crippen LogP contribution in [-0.4, -0.2) is 80.3 Å². The van der Waals surface area contributed by atoms with Crippen LogP contribution in [0.4, 0.5) is 10.1 Å². The Morgan fingerprint density at radius 2 is 1.74 bits per heavy atom. The first-order valence-electron chi connectivity index (χ1n) is 9.94. The van der Waals surface area contributed by atoms with Gasteiger partial charge in [-0.3, -0.25) is 9.89 Å². The van der Waals surface area contributed by atoms with E-state index in [2.05, 4.69) is 33.5 Å². The van der Waals surface area contributed by atoms with Crippen LogP contribution in [0.1, 0.15) is 20.3 Å². The molecule has 1 aromatic carbocycles. The van der Waals surface area contributed by atoms with Crippen molar-refractivity contribution in [2.45, 2.75) is 32.5 Å². The summed E-state index contributed by atoms with van der Waals surface area (Å²) < 4.78 is 18.8. The van der Waals surface area contributed by atoms with Crippen LogP contribution in [0.15, 0.2) is 29.3 Å². The zero-order chi connectivity index (χ0) is 19.2. The monoisotopic (exact) mass is 377 g/mol. The average Bonchev–Trinajstić information content (AvgIpc) is 2.65. The van der Waals surface area contributed by atoms with E-state index in [0.29, 0.717) is 18.2 Å². The van der Waals surface area contributed by atoms with Gasteiger partial charge in [-0.2, -0.15) is 0 Å². The number of halogens is 1. The van der Waals surface area contributed by atoms with Crippen molar-refractivity contribution in [1.82, 2.24) is 9.80 Å². The topological polar surface area (TPSA) is 57.3 Å². The Morgan fingerprint density at radius 3 is 2.37 bits per heavy atom. The van der Waals surface area contributed by atoms with Crippen molar-refractivity contribution in [1.29, 1.82) is 0 Å². The Bertz CT molecular complexity index is 605. The van der Waals surface area contributed by atoms with Gasteiger partial charge in [0.2, 0.25) is 0 Å². The molecule has 2 saturated heterocycles. The number of benzene rings is 1. The summed E-state index contributed by atoms with van der Waals surface area (Å²) in [6.45, 7) is 11.4. The molecule has 2 heterocycles. The molecular weight excluding hydrogens is 345 g/mol. The average molecular weight is 378 g/mol. The maximum absolute atomic E-state index is 13.1. The number of rotatable bonds is 5. The molecule has 6 nitrogen and oxygen atoms in total. The molecule has 2 unspecified atom stereocenters. The molecule has 0 saturated carbocycles. The molecule has 3 rings (SSSR count). The highest BCUT2D eigenvalue weighted by Crippen LogP contribution is 2.17. The molecule has 0 aromatic heterocycles. The summed E-state index contributed by atoms with van der Waals surface area (Å²) in [6.07, 6.45) is 1.62. The number of anilines is 1. The van der Waals surface area contributed by atoms with Gasteiger partial charge in [0.05, 0.1) is 12.2 Å². The molecule has 2 aliphatic heterocycles. The van der Waals surface area contributed by atoms with Crippen LogP contribution >= 0.6 is 0 Å². The third kappa shape index (κ3) is 5.81. The van der Waals surface area contributed by atoms with E-state index in [1.54, 1.807) is 0 Å². The van der Waals surface area contributed by atoms with E-state index >= 15 is 0 Å². The van der Waals surface area contributed by atoms with Crippen LogP contribution < -0.4 is 10.6 Å². The van der Waals surface area contributed by atoms with E-state index < -0.39 is 0 Å². The summed E-state index contributed by atoms with van der Waals surface area (Å²) >= 11 is 0. The largest absolute Gasteiger partial charge is 0.373 e. The lowest BCUT2D eigenvalue weighted by Crippen LogP contribution is -2.51. The number of hydrogen-bond donors (Lipinski definition) is 1. The van der Waals surface area contributed by atoms with Crippen molar-refractivity contribution in [3.8, 4) is 0 Å². The molecule has 0 bridgehead atoms. The molecule has 2 N–H and O–H groups in total. The molecule has 2 aliphatic rings. The van der Waals surface area contributed by atoms with Crippen LogP contribution in [0.3, 0.4) is 0 Å². The van der Waals surface area contributed by atoms with Crippen LogP contribution in [0.5, 0.6) is 0 Å². The van der Waals surface area contributed by atoms with E-state index in [9.17, 15) is 4.39 Å². The quantitative estimate of drug-likeness (QED) is 0.481. The zero-order valence-electron chi connectivity index (χ0n) is 16.5. The van der Waals surface area contributed by atoms with Gasteiger partial charge in [0.15, 0.2) is 5.96 Å². The van der Waals surface area contributed by atoms with E-state index in [1.165, 1.54) is 12.1 Å². The number of guanidine groups is 1. The van der Waals surface area contributed by atoms with Crippen molar-refractivity contribution in [3.05, 3.63) is 30.1 Å². The molecule has 0 amide bonds. The lowest BCUT2D eigenvalue weighted by Gasteiger charge is -2.36. The second kappa shape index (κ2) is 9.37. The Labute approximate surface area is 161 Å². The summed E-state index contributed by atoms with van der Waals surface area (Å²) in [7, 11) is 0. The predicted octanol–water partition coefficient (Wildman–Crippen LogP) is 1.76. The first-order valence-corrected chi connectivity index (χ1v) is 9.94. The van der Waals surface area contributed by atoms with Crippen molar-refractivity contribution < 1.29 is 9.13 Å². The lowest BCUT2D eigenvalue weighted by molar-refractivity contribution is -0.0679. The molecule has 2 atom stereocenters. The highest BCUT2D eigenvalue weighted by Gasteiger charge is 2.21. The maximum Gasteiger partial charge on any atom is 0.191 e. The molecule has 0 aliphatic carbocycles. The Morgan fingerprint density at radius 1 is 1.11 bits per heavy atom. The van der Waals surface area contributed by atoms with Gasteiger partial charge in [-0.05, 0) is 44.5 Å². The van der Waals surface area contributed by atoms with Crippen LogP contribution in [0.2, 0.25) is 0 Å². The van der Waals surface area contributed by atoms with E-state index in [4.69, 9.17) is 10.5 Å². The fourth-order valence-electron chi connectivity index (χ4n) is 3.90. The number of nitrogens with zero attached hydrogens (tertiary/aromatic N) is 4. The van der Waals surface area contributed by atoms with Gasteiger partial charge in [0.1, 0.15) is 5.82 Å². The molecular formula is C20H32FN5O. The van der Waals surface area contributed by atoms with Crippen molar-refractivity contribution >= 4 is 11.6 Å². The minimum atomic E-state index is -0.199. The van der Waals surface area contributed by atoms with Gasteiger partial charge < -0.3 is 20.3 Å². The van der Waals surface area contributed by atoms with E-state index in [-0.39, 0.29) is 5.82 Å². The number of nitrogens with two attached hydrogens (primary N) is 1. The van der Waals surface area contributed by atoms with Crippen LogP contribution in [0.25, 0.3) is 0 Å². The number of aliphatic imine (C=N–C) groups is 1. The minimum Gasteiger partial charge on any atom is -0.373 e. The first-order chi connectivity index (χ1) is 13.0. The lowest BCUT2D eigenvalue weighted by atomic mass is 10.2. The highest BCUT2D eigenvalue weighted by atomic mass is 19.1. The number of hydrogen-bond acceptors (Lipinski definition) is 4. The van der Waals surface area contributed by atoms with Gasteiger partial charge in [-0.15, -0.1) is 0 Å². The van der Waals surface area contributed by atoms with Crippen molar-refractivity contribution in [2.75, 3.05) is 57.3 Å². The second-order valence-corrected chi connectivity index (χ2v) is 7.56. The van der Waals surface area contributed by atoms with Gasteiger partial charge in [0.25, 0.3) is 0 Å². The predicted molar refractivity (Wildman–Crippen MR) is 108 cm³/mol. The van der Waals surface area contributed by atoms with Crippen LogP contribution in [-0.2, 0) is 4.74 Å². The van der Waals surface area contributed by atoms with Gasteiger partial charge in [-0.1, -0.05) is 0 Å². The molecule has 27 heavy (non-hydrogen) atoms. The molecule has 2 fully saturated rings. The summed E-state index contributed by atoms with van der Waals surface area (Å²) in [5, 5.41) is 0. The molecule has 150 valence electrons. The summed E-state index contributed by atoms with van der Waals surface area (Å²) in [4.78, 5) is 11.4. The first kappa shape index (κ1) is 19.9. The van der Waals surface area contributed by atoms with Gasteiger partial charge in [-0.25, -0.2) is 4.39 Å². The van der Waals surface area contributed by atoms with Crippen molar-refractivity contribution in [2.24, 2.45) is 10.7 Å². The van der Waals surface area contributed by atoms with E-state index in [0.717, 1.165) is 64.5 Å². The molecule has 0 radical (unpaired) electrons. The highest BCUT2D eigenvalue weighted by molar-refractivity contribution is 5.78. The summed E-state index contributed by atoms with van der Waals surface area (Å²) in [6, 6.07) is 6.67. The fourth-order valence-corrected chi connectivity index (χ4v) is 3.90. The minimum absolute atomic E-state index is 0.199.